The van der Waals surface area contributed by atoms with Gasteiger partial charge in [0.15, 0.2) is 0 Å². The first-order chi connectivity index (χ1) is 5.54. The molecule has 0 aliphatic heterocycles. The van der Waals surface area contributed by atoms with E-state index in [0.717, 1.165) is 12.7 Å². The minimum Gasteiger partial charge on any atom is -0.481 e. The van der Waals surface area contributed by atoms with E-state index in [4.69, 9.17) is 14.3 Å². The molecule has 1 atom stereocenters. The zero-order valence-electron chi connectivity index (χ0n) is 7.02. The number of hydrogen-bond acceptors (Lipinski definition) is 3. The SMILES string of the molecule is CC(=O)O.CC(S)c1ccco1. The highest BCUT2D eigenvalue weighted by atomic mass is 32.1. The third kappa shape index (κ3) is 5.85. The fourth-order valence-corrected chi connectivity index (χ4v) is 0.676. The molecule has 12 heavy (non-hydrogen) atoms. The summed E-state index contributed by atoms with van der Waals surface area (Å²) in [6, 6.07) is 3.78. The molecule has 0 spiro atoms. The summed E-state index contributed by atoms with van der Waals surface area (Å²) in [6.07, 6.45) is 1.65. The highest BCUT2D eigenvalue weighted by Gasteiger charge is 1.98. The van der Waals surface area contributed by atoms with E-state index in [0.29, 0.717) is 0 Å². The molecule has 0 aliphatic carbocycles. The van der Waals surface area contributed by atoms with Gasteiger partial charge >= 0.3 is 0 Å². The normalized spacial score (nSPS) is 11.2. The molecule has 4 heteroatoms. The van der Waals surface area contributed by atoms with Gasteiger partial charge < -0.3 is 9.52 Å². The highest BCUT2D eigenvalue weighted by Crippen LogP contribution is 2.17. The molecule has 0 bridgehead atoms. The number of aliphatic carboxylic acids is 1. The Labute approximate surface area is 76.8 Å². The van der Waals surface area contributed by atoms with Crippen molar-refractivity contribution in [2.24, 2.45) is 0 Å². The second-order valence-corrected chi connectivity index (χ2v) is 2.99. The largest absolute Gasteiger partial charge is 0.481 e. The summed E-state index contributed by atoms with van der Waals surface area (Å²) in [5.41, 5.74) is 0. The second kappa shape index (κ2) is 5.71. The van der Waals surface area contributed by atoms with Gasteiger partial charge in [-0.1, -0.05) is 0 Å². The van der Waals surface area contributed by atoms with E-state index >= 15 is 0 Å². The maximum atomic E-state index is 9.00. The van der Waals surface area contributed by atoms with Crippen molar-refractivity contribution < 1.29 is 14.3 Å². The standard InChI is InChI=1S/C6H8OS.C2H4O2/c1-5(8)6-3-2-4-7-6;1-2(3)4/h2-5,8H,1H3;1H3,(H,3,4). The Bertz CT molecular complexity index is 212. The Morgan fingerprint density at radius 2 is 2.25 bits per heavy atom. The van der Waals surface area contributed by atoms with Crippen molar-refractivity contribution in [1.29, 1.82) is 0 Å². The molecule has 1 aromatic rings. The van der Waals surface area contributed by atoms with Crippen molar-refractivity contribution >= 4 is 18.6 Å². The molecule has 68 valence electrons. The van der Waals surface area contributed by atoms with Gasteiger partial charge in [0.1, 0.15) is 5.76 Å². The van der Waals surface area contributed by atoms with Crippen LogP contribution in [0.1, 0.15) is 24.9 Å². The Morgan fingerprint density at radius 1 is 1.75 bits per heavy atom. The van der Waals surface area contributed by atoms with E-state index in [1.165, 1.54) is 0 Å². The number of carbonyl (C=O) groups is 1. The molecule has 0 aromatic carbocycles. The average Bonchev–Trinajstić information content (AvgIpc) is 2.34. The van der Waals surface area contributed by atoms with Crippen LogP contribution in [0.25, 0.3) is 0 Å². The first-order valence-electron chi connectivity index (χ1n) is 3.45. The van der Waals surface area contributed by atoms with Crippen LogP contribution in [0, 0.1) is 0 Å². The predicted molar refractivity (Wildman–Crippen MR) is 49.4 cm³/mol. The summed E-state index contributed by atoms with van der Waals surface area (Å²) >= 11 is 4.16. The molecule has 0 amide bonds. The number of rotatable bonds is 1. The van der Waals surface area contributed by atoms with Crippen LogP contribution in [0.2, 0.25) is 0 Å². The molecule has 1 rings (SSSR count). The average molecular weight is 188 g/mol. The van der Waals surface area contributed by atoms with Crippen LogP contribution in [0.4, 0.5) is 0 Å². The van der Waals surface area contributed by atoms with Crippen molar-refractivity contribution in [1.82, 2.24) is 0 Å². The van der Waals surface area contributed by atoms with E-state index in [1.54, 1.807) is 6.26 Å². The molecule has 1 unspecified atom stereocenters. The summed E-state index contributed by atoms with van der Waals surface area (Å²) < 4.78 is 5.02. The van der Waals surface area contributed by atoms with Crippen molar-refractivity contribution in [2.75, 3.05) is 0 Å². The molecule has 0 aliphatic rings. The third-order valence-electron chi connectivity index (χ3n) is 0.955. The molecule has 0 saturated carbocycles. The lowest BCUT2D eigenvalue weighted by Gasteiger charge is -1.94. The van der Waals surface area contributed by atoms with Crippen LogP contribution >= 0.6 is 12.6 Å². The van der Waals surface area contributed by atoms with Gasteiger partial charge in [0.25, 0.3) is 5.97 Å². The topological polar surface area (TPSA) is 50.4 Å². The van der Waals surface area contributed by atoms with Crippen LogP contribution in [0.5, 0.6) is 0 Å². The van der Waals surface area contributed by atoms with Gasteiger partial charge in [-0.05, 0) is 19.1 Å². The third-order valence-corrected chi connectivity index (χ3v) is 1.21. The zero-order chi connectivity index (χ0) is 9.56. The quantitative estimate of drug-likeness (QED) is 0.665. The molecule has 3 nitrogen and oxygen atoms in total. The Morgan fingerprint density at radius 3 is 2.42 bits per heavy atom. The monoisotopic (exact) mass is 188 g/mol. The Hall–Kier alpha value is -0.900. The van der Waals surface area contributed by atoms with Crippen LogP contribution in [-0.4, -0.2) is 11.1 Å². The summed E-state index contributed by atoms with van der Waals surface area (Å²) in [7, 11) is 0. The van der Waals surface area contributed by atoms with Gasteiger partial charge in [-0.2, -0.15) is 12.6 Å². The number of carboxylic acids is 1. The lowest BCUT2D eigenvalue weighted by atomic mass is 10.4. The maximum Gasteiger partial charge on any atom is 0.300 e. The van der Waals surface area contributed by atoms with Crippen LogP contribution in [-0.2, 0) is 4.79 Å². The molecular weight excluding hydrogens is 176 g/mol. The zero-order valence-corrected chi connectivity index (χ0v) is 7.91. The molecule has 1 aromatic heterocycles. The second-order valence-electron chi connectivity index (χ2n) is 2.21. The number of furan rings is 1. The van der Waals surface area contributed by atoms with Crippen LogP contribution < -0.4 is 0 Å². The number of hydrogen-bond donors (Lipinski definition) is 2. The van der Waals surface area contributed by atoms with Crippen molar-refractivity contribution in [3.8, 4) is 0 Å². The smallest absolute Gasteiger partial charge is 0.300 e. The van der Waals surface area contributed by atoms with Gasteiger partial charge in [0, 0.05) is 6.92 Å². The lowest BCUT2D eigenvalue weighted by Crippen LogP contribution is -1.78. The van der Waals surface area contributed by atoms with Crippen LogP contribution in [0.3, 0.4) is 0 Å². The molecule has 1 N–H and O–H groups in total. The van der Waals surface area contributed by atoms with Crippen molar-refractivity contribution in [3.63, 3.8) is 0 Å². The van der Waals surface area contributed by atoms with Gasteiger partial charge in [0.05, 0.1) is 11.5 Å². The van der Waals surface area contributed by atoms with Gasteiger partial charge in [-0.15, -0.1) is 0 Å². The predicted octanol–water partition coefficient (Wildman–Crippen LogP) is 2.36. The van der Waals surface area contributed by atoms with Gasteiger partial charge in [-0.3, -0.25) is 4.79 Å². The molecule has 0 fully saturated rings. The summed E-state index contributed by atoms with van der Waals surface area (Å²) in [5.74, 6) is 0.0910. The van der Waals surface area contributed by atoms with E-state index in [2.05, 4.69) is 12.6 Å². The lowest BCUT2D eigenvalue weighted by molar-refractivity contribution is -0.134. The van der Waals surface area contributed by atoms with Gasteiger partial charge in [0.2, 0.25) is 0 Å². The highest BCUT2D eigenvalue weighted by molar-refractivity contribution is 7.80. The molecule has 1 heterocycles. The Kier molecular flexibility index (Phi) is 5.28. The van der Waals surface area contributed by atoms with E-state index in [9.17, 15) is 0 Å². The Balaban J connectivity index is 0.000000261. The number of carboxylic acid groups (broad SMARTS) is 1. The minimum absolute atomic E-state index is 0.213. The summed E-state index contributed by atoms with van der Waals surface area (Å²) in [5, 5.41) is 7.63. The first-order valence-corrected chi connectivity index (χ1v) is 3.96. The van der Waals surface area contributed by atoms with Crippen molar-refractivity contribution in [3.05, 3.63) is 24.2 Å². The van der Waals surface area contributed by atoms with E-state index < -0.39 is 5.97 Å². The minimum atomic E-state index is -0.833. The summed E-state index contributed by atoms with van der Waals surface area (Å²) in [4.78, 5) is 9.00. The maximum absolute atomic E-state index is 9.00. The molecular formula is C8H12O3S. The summed E-state index contributed by atoms with van der Waals surface area (Å²) in [6.45, 7) is 3.06. The van der Waals surface area contributed by atoms with Gasteiger partial charge in [-0.25, -0.2) is 0 Å². The van der Waals surface area contributed by atoms with Crippen molar-refractivity contribution in [2.45, 2.75) is 19.1 Å². The van der Waals surface area contributed by atoms with E-state index in [-0.39, 0.29) is 5.25 Å². The first kappa shape index (κ1) is 11.1. The van der Waals surface area contributed by atoms with Crippen LogP contribution in [0.15, 0.2) is 22.8 Å². The fourth-order valence-electron chi connectivity index (χ4n) is 0.529. The van der Waals surface area contributed by atoms with E-state index in [1.807, 2.05) is 19.1 Å². The molecule has 0 radical (unpaired) electrons. The fraction of sp³-hybridized carbons (Fsp3) is 0.375. The molecule has 0 saturated heterocycles. The number of thiol groups is 1.